The molecule has 3 unspecified atom stereocenters. The van der Waals surface area contributed by atoms with Gasteiger partial charge in [-0.1, -0.05) is 25.1 Å². The number of hydrogen-bond acceptors (Lipinski definition) is 4. The maximum absolute atomic E-state index is 12.3. The zero-order chi connectivity index (χ0) is 16.2. The van der Waals surface area contributed by atoms with E-state index in [9.17, 15) is 4.79 Å². The van der Waals surface area contributed by atoms with Gasteiger partial charge in [-0.3, -0.25) is 0 Å². The standard InChI is InChI=1S/C17H21N3O2S/c1-3-14(16-18-8-9-23-16)20-17(21)19-11(2)13-10-22-15-7-5-4-6-12(13)15/h4-9,11,13-14H,3,10H2,1-2H3,(H2,19,20,21). The van der Waals surface area contributed by atoms with E-state index in [0.717, 1.165) is 22.7 Å². The Morgan fingerprint density at radius 3 is 3.00 bits per heavy atom. The van der Waals surface area contributed by atoms with Gasteiger partial charge in [0.2, 0.25) is 0 Å². The molecule has 5 nitrogen and oxygen atoms in total. The van der Waals surface area contributed by atoms with Crippen LogP contribution >= 0.6 is 11.3 Å². The van der Waals surface area contributed by atoms with Crippen LogP contribution in [0.1, 0.15) is 42.8 Å². The summed E-state index contributed by atoms with van der Waals surface area (Å²) in [5.74, 6) is 1.10. The highest BCUT2D eigenvalue weighted by atomic mass is 32.1. The number of urea groups is 1. The highest BCUT2D eigenvalue weighted by molar-refractivity contribution is 7.09. The second kappa shape index (κ2) is 7.00. The second-order valence-electron chi connectivity index (χ2n) is 5.69. The first-order valence-electron chi connectivity index (χ1n) is 7.87. The highest BCUT2D eigenvalue weighted by Gasteiger charge is 2.29. The zero-order valence-electron chi connectivity index (χ0n) is 13.3. The molecule has 0 bridgehead atoms. The molecular formula is C17H21N3O2S. The largest absolute Gasteiger partial charge is 0.493 e. The highest BCUT2D eigenvalue weighted by Crippen LogP contribution is 2.35. The van der Waals surface area contributed by atoms with E-state index in [2.05, 4.69) is 21.7 Å². The SMILES string of the molecule is CCC(NC(=O)NC(C)C1COc2ccccc21)c1nccs1. The number of carbonyl (C=O) groups is 1. The third kappa shape index (κ3) is 3.47. The summed E-state index contributed by atoms with van der Waals surface area (Å²) >= 11 is 1.56. The van der Waals surface area contributed by atoms with Crippen molar-refractivity contribution in [2.45, 2.75) is 38.3 Å². The molecule has 1 aliphatic heterocycles. The number of rotatable bonds is 5. The molecule has 0 fully saturated rings. The molecule has 0 radical (unpaired) electrons. The van der Waals surface area contributed by atoms with E-state index < -0.39 is 0 Å². The number of nitrogens with zero attached hydrogens (tertiary/aromatic N) is 1. The van der Waals surface area contributed by atoms with Crippen molar-refractivity contribution in [1.82, 2.24) is 15.6 Å². The minimum atomic E-state index is -0.163. The zero-order valence-corrected chi connectivity index (χ0v) is 14.1. The maximum atomic E-state index is 12.3. The summed E-state index contributed by atoms with van der Waals surface area (Å²) < 4.78 is 5.69. The molecule has 0 aliphatic carbocycles. The van der Waals surface area contributed by atoms with E-state index in [1.165, 1.54) is 0 Å². The number of para-hydroxylation sites is 1. The average Bonchev–Trinajstić information content (AvgIpc) is 3.21. The first-order valence-corrected chi connectivity index (χ1v) is 8.75. The molecule has 0 saturated heterocycles. The summed E-state index contributed by atoms with van der Waals surface area (Å²) in [6.45, 7) is 4.65. The lowest BCUT2D eigenvalue weighted by molar-refractivity contribution is 0.229. The van der Waals surface area contributed by atoms with Gasteiger partial charge in [0.15, 0.2) is 0 Å². The molecule has 6 heteroatoms. The average molecular weight is 331 g/mol. The molecule has 2 aromatic rings. The number of carbonyl (C=O) groups excluding carboxylic acids is 1. The van der Waals surface area contributed by atoms with E-state index >= 15 is 0 Å². The molecule has 3 rings (SSSR count). The Labute approximate surface area is 140 Å². The van der Waals surface area contributed by atoms with Crippen molar-refractivity contribution in [2.75, 3.05) is 6.61 Å². The van der Waals surface area contributed by atoms with Crippen molar-refractivity contribution in [3.63, 3.8) is 0 Å². The topological polar surface area (TPSA) is 63.2 Å². The Balaban J connectivity index is 1.60. The normalized spacial score (nSPS) is 18.6. The number of thiazole rings is 1. The van der Waals surface area contributed by atoms with Crippen LogP contribution in [0.4, 0.5) is 4.79 Å². The molecule has 122 valence electrons. The Kier molecular flexibility index (Phi) is 4.81. The third-order valence-electron chi connectivity index (χ3n) is 4.16. The summed E-state index contributed by atoms with van der Waals surface area (Å²) in [5, 5.41) is 8.90. The van der Waals surface area contributed by atoms with E-state index in [1.807, 2.05) is 37.4 Å². The number of nitrogens with one attached hydrogen (secondary N) is 2. The van der Waals surface area contributed by atoms with Crippen LogP contribution in [0, 0.1) is 0 Å². The molecule has 2 amide bonds. The van der Waals surface area contributed by atoms with Gasteiger partial charge in [-0.2, -0.15) is 0 Å². The van der Waals surface area contributed by atoms with Crippen LogP contribution in [0.3, 0.4) is 0 Å². The number of ether oxygens (including phenoxy) is 1. The van der Waals surface area contributed by atoms with Crippen LogP contribution in [0.2, 0.25) is 0 Å². The molecular weight excluding hydrogens is 310 g/mol. The lowest BCUT2D eigenvalue weighted by atomic mass is 9.94. The monoisotopic (exact) mass is 331 g/mol. The minimum absolute atomic E-state index is 0.00699. The van der Waals surface area contributed by atoms with E-state index in [1.54, 1.807) is 17.5 Å². The summed E-state index contributed by atoms with van der Waals surface area (Å²) in [6, 6.07) is 7.78. The van der Waals surface area contributed by atoms with Crippen molar-refractivity contribution in [2.24, 2.45) is 0 Å². The smallest absolute Gasteiger partial charge is 0.315 e. The van der Waals surface area contributed by atoms with Gasteiger partial charge in [-0.15, -0.1) is 11.3 Å². The fourth-order valence-corrected chi connectivity index (χ4v) is 3.63. The molecule has 23 heavy (non-hydrogen) atoms. The molecule has 0 saturated carbocycles. The number of hydrogen-bond donors (Lipinski definition) is 2. The van der Waals surface area contributed by atoms with Crippen molar-refractivity contribution < 1.29 is 9.53 Å². The number of aromatic nitrogens is 1. The molecule has 1 aromatic heterocycles. The number of amides is 2. The summed E-state index contributed by atoms with van der Waals surface area (Å²) in [4.78, 5) is 16.6. The van der Waals surface area contributed by atoms with Gasteiger partial charge in [0.25, 0.3) is 0 Å². The molecule has 1 aromatic carbocycles. The predicted octanol–water partition coefficient (Wildman–Crippen LogP) is 3.46. The molecule has 2 N–H and O–H groups in total. The number of fused-ring (bicyclic) bond motifs is 1. The Hall–Kier alpha value is -2.08. The van der Waals surface area contributed by atoms with Crippen molar-refractivity contribution in [3.8, 4) is 5.75 Å². The predicted molar refractivity (Wildman–Crippen MR) is 91.0 cm³/mol. The maximum Gasteiger partial charge on any atom is 0.315 e. The third-order valence-corrected chi connectivity index (χ3v) is 5.05. The van der Waals surface area contributed by atoms with Crippen molar-refractivity contribution in [3.05, 3.63) is 46.4 Å². The van der Waals surface area contributed by atoms with Gasteiger partial charge >= 0.3 is 6.03 Å². The van der Waals surface area contributed by atoms with Crippen molar-refractivity contribution in [1.29, 1.82) is 0 Å². The van der Waals surface area contributed by atoms with Crippen LogP contribution in [0.15, 0.2) is 35.8 Å². The van der Waals surface area contributed by atoms with Gasteiger partial charge < -0.3 is 15.4 Å². The summed E-state index contributed by atoms with van der Waals surface area (Å²) in [5.41, 5.74) is 1.16. The second-order valence-corrected chi connectivity index (χ2v) is 6.62. The molecule has 2 heterocycles. The van der Waals surface area contributed by atoms with Crippen LogP contribution < -0.4 is 15.4 Å². The minimum Gasteiger partial charge on any atom is -0.493 e. The van der Waals surface area contributed by atoms with Crippen molar-refractivity contribution >= 4 is 17.4 Å². The van der Waals surface area contributed by atoms with E-state index in [0.29, 0.717) is 6.61 Å². The molecule has 0 spiro atoms. The number of benzene rings is 1. The van der Waals surface area contributed by atoms with Gasteiger partial charge in [-0.25, -0.2) is 9.78 Å². The lowest BCUT2D eigenvalue weighted by Crippen LogP contribution is -2.44. The fraction of sp³-hybridized carbons (Fsp3) is 0.412. The Morgan fingerprint density at radius 1 is 1.43 bits per heavy atom. The quantitative estimate of drug-likeness (QED) is 0.882. The van der Waals surface area contributed by atoms with Gasteiger partial charge in [0, 0.05) is 29.1 Å². The van der Waals surface area contributed by atoms with E-state index in [4.69, 9.17) is 4.74 Å². The van der Waals surface area contributed by atoms with E-state index in [-0.39, 0.29) is 24.0 Å². The Bertz CT molecular complexity index is 660. The summed E-state index contributed by atoms with van der Waals surface area (Å²) in [7, 11) is 0. The Morgan fingerprint density at radius 2 is 2.26 bits per heavy atom. The van der Waals surface area contributed by atoms with Gasteiger partial charge in [-0.05, 0) is 19.4 Å². The van der Waals surface area contributed by atoms with Gasteiger partial charge in [0.05, 0.1) is 12.6 Å². The van der Waals surface area contributed by atoms with Crippen LogP contribution in [0.5, 0.6) is 5.75 Å². The molecule has 3 atom stereocenters. The van der Waals surface area contributed by atoms with Crippen LogP contribution in [0.25, 0.3) is 0 Å². The summed E-state index contributed by atoms with van der Waals surface area (Å²) in [6.07, 6.45) is 2.57. The van der Waals surface area contributed by atoms with Crippen LogP contribution in [-0.2, 0) is 0 Å². The first-order chi connectivity index (χ1) is 11.2. The molecule has 1 aliphatic rings. The lowest BCUT2D eigenvalue weighted by Gasteiger charge is -2.22. The first kappa shape index (κ1) is 15.8. The van der Waals surface area contributed by atoms with Crippen LogP contribution in [-0.4, -0.2) is 23.7 Å². The van der Waals surface area contributed by atoms with Gasteiger partial charge in [0.1, 0.15) is 10.8 Å². The fourth-order valence-electron chi connectivity index (χ4n) is 2.85.